The molecule has 1 unspecified atom stereocenters. The van der Waals surface area contributed by atoms with E-state index in [0.717, 1.165) is 56.2 Å². The summed E-state index contributed by atoms with van der Waals surface area (Å²) in [4.78, 5) is 75.9. The van der Waals surface area contributed by atoms with Crippen molar-refractivity contribution in [3.8, 4) is 11.8 Å². The molecule has 8 rings (SSSR count). The molecular formula is C44H48ClFN8O6. The third-order valence-corrected chi connectivity index (χ3v) is 13.4. The normalized spacial score (nSPS) is 24.1. The maximum absolute atomic E-state index is 15.6. The first-order valence-corrected chi connectivity index (χ1v) is 20.8. The van der Waals surface area contributed by atoms with Gasteiger partial charge in [-0.15, -0.1) is 0 Å². The number of piperidine rings is 2. The molecule has 4 fully saturated rings. The Labute approximate surface area is 353 Å². The summed E-state index contributed by atoms with van der Waals surface area (Å²) in [6.45, 7) is 13.4. The molecular weight excluding hydrogens is 791 g/mol. The van der Waals surface area contributed by atoms with Crippen molar-refractivity contribution in [2.75, 3.05) is 55.6 Å². The third kappa shape index (κ3) is 7.44. The van der Waals surface area contributed by atoms with Crippen LogP contribution in [0.5, 0.6) is 5.75 Å². The number of rotatable bonds is 9. The van der Waals surface area contributed by atoms with Gasteiger partial charge >= 0.3 is 0 Å². The Kier molecular flexibility index (Phi) is 10.8. The van der Waals surface area contributed by atoms with E-state index in [1.54, 1.807) is 30.3 Å². The van der Waals surface area contributed by atoms with Crippen LogP contribution in [-0.4, -0.2) is 108 Å². The lowest BCUT2D eigenvalue weighted by molar-refractivity contribution is -0.164. The van der Waals surface area contributed by atoms with E-state index in [9.17, 15) is 29.2 Å². The van der Waals surface area contributed by atoms with Gasteiger partial charge in [-0.25, -0.2) is 9.37 Å². The van der Waals surface area contributed by atoms with E-state index in [-0.39, 0.29) is 47.5 Å². The summed E-state index contributed by atoms with van der Waals surface area (Å²) in [6, 6.07) is 12.2. The van der Waals surface area contributed by atoms with E-state index in [2.05, 4.69) is 25.4 Å². The molecule has 0 radical (unpaired) electrons. The first-order chi connectivity index (χ1) is 28.6. The lowest BCUT2D eigenvalue weighted by Gasteiger charge is -2.63. The van der Waals surface area contributed by atoms with Crippen LogP contribution in [0.3, 0.4) is 0 Å². The number of fused-ring (bicyclic) bond motifs is 1. The van der Waals surface area contributed by atoms with Crippen molar-refractivity contribution in [2.45, 2.75) is 71.6 Å². The fraction of sp³-hybridized carbons (Fsp3) is 0.477. The quantitative estimate of drug-likeness (QED) is 0.284. The Morgan fingerprint density at radius 3 is 2.28 bits per heavy atom. The number of nitriles is 1. The molecule has 1 aromatic heterocycles. The number of carbonyl (C=O) groups excluding carboxylic acids is 5. The van der Waals surface area contributed by atoms with Gasteiger partial charge in [0.25, 0.3) is 17.7 Å². The number of imide groups is 2. The predicted molar refractivity (Wildman–Crippen MR) is 220 cm³/mol. The van der Waals surface area contributed by atoms with Gasteiger partial charge in [0.2, 0.25) is 11.8 Å². The van der Waals surface area contributed by atoms with Crippen LogP contribution in [0.15, 0.2) is 48.7 Å². The van der Waals surface area contributed by atoms with E-state index < -0.39 is 52.2 Å². The van der Waals surface area contributed by atoms with Crippen molar-refractivity contribution < 1.29 is 33.1 Å². The molecule has 60 heavy (non-hydrogen) atoms. The molecule has 5 amide bonds. The molecule has 314 valence electrons. The zero-order chi connectivity index (χ0) is 42.7. The van der Waals surface area contributed by atoms with Gasteiger partial charge in [0.1, 0.15) is 24.0 Å². The van der Waals surface area contributed by atoms with E-state index in [0.29, 0.717) is 35.3 Å². The minimum atomic E-state index is -0.998. The maximum Gasteiger partial charge on any atom is 0.262 e. The molecule has 16 heteroatoms. The molecule has 2 aromatic carbocycles. The lowest BCUT2D eigenvalue weighted by atomic mass is 9.49. The van der Waals surface area contributed by atoms with Gasteiger partial charge in [-0.05, 0) is 61.6 Å². The summed E-state index contributed by atoms with van der Waals surface area (Å²) >= 11 is 6.23. The first kappa shape index (κ1) is 41.2. The van der Waals surface area contributed by atoms with Crippen molar-refractivity contribution in [2.24, 2.45) is 16.7 Å². The first-order valence-electron chi connectivity index (χ1n) is 20.5. The topological polar surface area (TPSA) is 168 Å². The summed E-state index contributed by atoms with van der Waals surface area (Å²) in [5.74, 6) is -1.80. The van der Waals surface area contributed by atoms with Crippen molar-refractivity contribution in [1.82, 2.24) is 25.4 Å². The van der Waals surface area contributed by atoms with Crippen LogP contribution in [0.4, 0.5) is 15.9 Å². The average molecular weight is 839 g/mol. The fourth-order valence-corrected chi connectivity index (χ4v) is 10.3. The number of anilines is 2. The van der Waals surface area contributed by atoms with Crippen molar-refractivity contribution in [3.05, 3.63) is 81.8 Å². The van der Waals surface area contributed by atoms with E-state index in [4.69, 9.17) is 16.3 Å². The number of nitrogens with zero attached hydrogens (tertiary/aromatic N) is 6. The zero-order valence-corrected chi connectivity index (χ0v) is 34.9. The lowest BCUT2D eigenvalue weighted by Crippen LogP contribution is -2.74. The number of benzene rings is 2. The summed E-state index contributed by atoms with van der Waals surface area (Å²) in [5.41, 5.74) is 0.947. The molecule has 5 aliphatic rings. The van der Waals surface area contributed by atoms with Crippen LogP contribution in [0.25, 0.3) is 0 Å². The number of piperazine rings is 1. The Hall–Kier alpha value is -5.59. The second-order valence-electron chi connectivity index (χ2n) is 17.7. The molecule has 3 saturated heterocycles. The number of hydrogen-bond acceptors (Lipinski definition) is 11. The van der Waals surface area contributed by atoms with Crippen LogP contribution >= 0.6 is 11.6 Å². The highest BCUT2D eigenvalue weighted by Gasteiger charge is 2.64. The molecule has 1 saturated carbocycles. The molecule has 1 aliphatic carbocycles. The van der Waals surface area contributed by atoms with Gasteiger partial charge < -0.3 is 19.9 Å². The molecule has 2 N–H and O–H groups in total. The molecule has 3 aromatic rings. The van der Waals surface area contributed by atoms with Crippen molar-refractivity contribution >= 4 is 52.6 Å². The van der Waals surface area contributed by atoms with Crippen LogP contribution in [0, 0.1) is 33.9 Å². The number of ether oxygens (including phenoxy) is 1. The van der Waals surface area contributed by atoms with Gasteiger partial charge in [0.15, 0.2) is 11.6 Å². The van der Waals surface area contributed by atoms with Crippen molar-refractivity contribution in [1.29, 1.82) is 5.26 Å². The largest absolute Gasteiger partial charge is 0.489 e. The van der Waals surface area contributed by atoms with Gasteiger partial charge in [-0.2, -0.15) is 5.26 Å². The second kappa shape index (κ2) is 15.8. The Morgan fingerprint density at radius 1 is 0.933 bits per heavy atom. The number of amides is 5. The van der Waals surface area contributed by atoms with Gasteiger partial charge in [-0.1, -0.05) is 39.3 Å². The second-order valence-corrected chi connectivity index (χ2v) is 18.1. The third-order valence-electron chi connectivity index (χ3n) is 13.1. The highest BCUT2D eigenvalue weighted by atomic mass is 35.5. The smallest absolute Gasteiger partial charge is 0.262 e. The SMILES string of the molecule is CC1(C)[C@H](NC(=O)c2cnc(N3CCC(CN4CCN(c5ccc6c(c5)C(=O)N(C5CCC(=O)NC5=O)C6=O)CC4)CC3)c(F)c2)C(C)(C)[C@H]1Oc1ccc(C#N)c(Cl)c1. The average Bonchev–Trinajstić information content (AvgIpc) is 3.47. The number of carbonyl (C=O) groups is 5. The molecule has 0 bridgehead atoms. The number of pyridine rings is 1. The summed E-state index contributed by atoms with van der Waals surface area (Å²) in [5, 5.41) is 14.8. The summed E-state index contributed by atoms with van der Waals surface area (Å²) in [7, 11) is 0. The number of aromatic nitrogens is 1. The van der Waals surface area contributed by atoms with Gasteiger partial charge in [-0.3, -0.25) is 39.1 Å². The van der Waals surface area contributed by atoms with Crippen LogP contribution < -0.4 is 25.2 Å². The minimum absolute atomic E-state index is 0.0721. The Morgan fingerprint density at radius 2 is 1.63 bits per heavy atom. The molecule has 5 heterocycles. The van der Waals surface area contributed by atoms with Crippen LogP contribution in [0.2, 0.25) is 5.02 Å². The Balaban J connectivity index is 0.805. The maximum atomic E-state index is 15.6. The molecule has 4 aliphatic heterocycles. The number of halogens is 2. The molecule has 0 spiro atoms. The van der Waals surface area contributed by atoms with E-state index >= 15 is 4.39 Å². The van der Waals surface area contributed by atoms with E-state index in [1.807, 2.05) is 44.7 Å². The summed E-state index contributed by atoms with van der Waals surface area (Å²) < 4.78 is 21.9. The zero-order valence-electron chi connectivity index (χ0n) is 34.1. The Bertz CT molecular complexity index is 2300. The monoisotopic (exact) mass is 838 g/mol. The predicted octanol–water partition coefficient (Wildman–Crippen LogP) is 4.80. The van der Waals surface area contributed by atoms with Gasteiger partial charge in [0, 0.05) is 87.1 Å². The minimum Gasteiger partial charge on any atom is -0.489 e. The van der Waals surface area contributed by atoms with Crippen LogP contribution in [-0.2, 0) is 9.59 Å². The molecule has 1 atom stereocenters. The standard InChI is InChI=1S/C44H48ClFN8O6/c1-43(2)41(44(3,4)42(43)60-29-7-5-26(22-47)32(45)21-29)50-37(56)27-19-33(46)36(48-23-27)53-13-11-25(12-14-53)24-51-15-17-52(18-16-51)28-6-8-30-31(20-28)40(59)54(39(30)58)34-9-10-35(55)49-38(34)57/h5-8,19-21,23,25,34,41-42H,9-18,24H2,1-4H3,(H,50,56)(H,49,55,57)/t34?,41-,42-. The van der Waals surface area contributed by atoms with Crippen LogP contribution in [0.1, 0.15) is 90.0 Å². The highest BCUT2D eigenvalue weighted by Crippen LogP contribution is 2.55. The highest BCUT2D eigenvalue weighted by molar-refractivity contribution is 6.31. The van der Waals surface area contributed by atoms with E-state index in [1.165, 1.54) is 12.3 Å². The molecule has 14 nitrogen and oxygen atoms in total. The fourth-order valence-electron chi connectivity index (χ4n) is 10.1. The number of nitrogens with one attached hydrogen (secondary N) is 2. The van der Waals surface area contributed by atoms with Crippen molar-refractivity contribution in [3.63, 3.8) is 0 Å². The van der Waals surface area contributed by atoms with Gasteiger partial charge in [0.05, 0.1) is 27.3 Å². The number of hydrogen-bond donors (Lipinski definition) is 2. The summed E-state index contributed by atoms with van der Waals surface area (Å²) in [6.07, 6.45) is 3.10.